The molecule has 4 aromatic rings. The van der Waals surface area contributed by atoms with Crippen molar-refractivity contribution in [2.75, 3.05) is 11.0 Å². The van der Waals surface area contributed by atoms with Crippen molar-refractivity contribution in [1.82, 2.24) is 20.1 Å². The first-order valence-electron chi connectivity index (χ1n) is 10.6. The van der Waals surface area contributed by atoms with Gasteiger partial charge in [-0.15, -0.1) is 0 Å². The molecule has 0 aliphatic rings. The van der Waals surface area contributed by atoms with Crippen LogP contribution in [0.4, 0.5) is 19.4 Å². The summed E-state index contributed by atoms with van der Waals surface area (Å²) in [5.74, 6) is -1.58. The maximum atomic E-state index is 13.8. The lowest BCUT2D eigenvalue weighted by atomic mass is 9.94. The van der Waals surface area contributed by atoms with Gasteiger partial charge in [-0.3, -0.25) is 14.4 Å². The number of pyridine rings is 1. The Morgan fingerprint density at radius 3 is 2.49 bits per heavy atom. The second kappa shape index (κ2) is 10.2. The molecule has 194 valence electrons. The number of hydrogen-bond donors (Lipinski definition) is 3. The largest absolute Gasteiger partial charge is 0.465 e. The Balaban J connectivity index is 1.94. The lowest BCUT2D eigenvalue weighted by Crippen LogP contribution is -2.29. The Hall–Kier alpha value is -3.29. The molecule has 1 unspecified atom stereocenters. The molecule has 1 amide bonds. The van der Waals surface area contributed by atoms with E-state index in [1.807, 2.05) is 0 Å². The Bertz CT molecular complexity index is 1630. The van der Waals surface area contributed by atoms with Crippen LogP contribution in [0, 0.1) is 11.6 Å². The van der Waals surface area contributed by atoms with Gasteiger partial charge in [0.25, 0.3) is 0 Å². The summed E-state index contributed by atoms with van der Waals surface area (Å²) in [7, 11) is -2.07. The maximum absolute atomic E-state index is 13.8. The quantitative estimate of drug-likeness (QED) is 0.261. The van der Waals surface area contributed by atoms with Crippen LogP contribution in [0.2, 0.25) is 5.02 Å². The highest BCUT2D eigenvalue weighted by Crippen LogP contribution is 2.40. The first-order chi connectivity index (χ1) is 17.3. The fourth-order valence-electron chi connectivity index (χ4n) is 4.12. The third-order valence-electron chi connectivity index (χ3n) is 5.38. The van der Waals surface area contributed by atoms with Crippen molar-refractivity contribution in [3.8, 4) is 11.1 Å². The maximum Gasteiger partial charge on any atom is 0.405 e. The summed E-state index contributed by atoms with van der Waals surface area (Å²) in [4.78, 5) is 16.1. The van der Waals surface area contributed by atoms with E-state index in [1.165, 1.54) is 10.9 Å². The number of amides is 1. The number of halogens is 4. The highest BCUT2D eigenvalue weighted by Gasteiger charge is 2.25. The zero-order valence-electron chi connectivity index (χ0n) is 19.3. The Kier molecular flexibility index (Phi) is 7.40. The number of hydrogen-bond acceptors (Lipinski definition) is 5. The van der Waals surface area contributed by atoms with Crippen LogP contribution in [0.25, 0.3) is 22.0 Å². The Morgan fingerprint density at radius 1 is 1.19 bits per heavy atom. The topological polar surface area (TPSA) is 126 Å². The average Bonchev–Trinajstić information content (AvgIpc) is 3.07. The van der Waals surface area contributed by atoms with Crippen LogP contribution in [-0.2, 0) is 23.5 Å². The lowest BCUT2D eigenvalue weighted by molar-refractivity contribution is 0.189. The minimum Gasteiger partial charge on any atom is -0.465 e. The van der Waals surface area contributed by atoms with Crippen molar-refractivity contribution in [1.29, 1.82) is 0 Å². The molecule has 0 aliphatic heterocycles. The van der Waals surface area contributed by atoms with Gasteiger partial charge >= 0.3 is 6.09 Å². The number of nitrogens with zero attached hydrogens (tertiary/aromatic N) is 3. The third kappa shape index (κ3) is 6.00. The van der Waals surface area contributed by atoms with Crippen LogP contribution in [0.3, 0.4) is 0 Å². The molecule has 2 heterocycles. The number of rotatable bonds is 7. The number of benzene rings is 2. The minimum absolute atomic E-state index is 0.0202. The number of carboxylic acid groups (broad SMARTS) is 1. The molecule has 1 atom stereocenters. The number of sulfonamides is 1. The van der Waals surface area contributed by atoms with E-state index in [4.69, 9.17) is 11.6 Å². The minimum atomic E-state index is -3.67. The van der Waals surface area contributed by atoms with Crippen LogP contribution >= 0.6 is 27.5 Å². The molecule has 0 saturated carbocycles. The molecule has 0 spiro atoms. The number of carbonyl (C=O) groups is 1. The van der Waals surface area contributed by atoms with E-state index >= 15 is 0 Å². The standard InChI is InChI=1S/C23H19BrClF2N5O4S/c1-32-21-15(3-4-17(25)19(21)22(30-32)31-37(2,35)36)16-8-12(24)10-28-20(16)18(29-23(33)34)7-11-5-13(26)9-14(27)6-11/h3-6,8-10,18,29H,7H2,1-2H3,(H,30,31)(H,33,34). The van der Waals surface area contributed by atoms with Crippen molar-refractivity contribution in [2.45, 2.75) is 12.5 Å². The number of anilines is 1. The average molecular weight is 615 g/mol. The fourth-order valence-corrected chi connectivity index (χ4v) is 5.18. The Morgan fingerprint density at radius 2 is 1.86 bits per heavy atom. The second-order valence-corrected chi connectivity index (χ2v) is 11.3. The van der Waals surface area contributed by atoms with E-state index in [9.17, 15) is 27.1 Å². The highest BCUT2D eigenvalue weighted by atomic mass is 79.9. The molecule has 9 nitrogen and oxygen atoms in total. The molecule has 2 aromatic heterocycles. The van der Waals surface area contributed by atoms with Gasteiger partial charge in [-0.1, -0.05) is 17.7 Å². The van der Waals surface area contributed by atoms with E-state index in [-0.39, 0.29) is 28.5 Å². The molecule has 14 heteroatoms. The van der Waals surface area contributed by atoms with Gasteiger partial charge in [0, 0.05) is 34.9 Å². The van der Waals surface area contributed by atoms with Crippen LogP contribution in [0.15, 0.2) is 47.1 Å². The third-order valence-corrected chi connectivity index (χ3v) is 6.70. The van der Waals surface area contributed by atoms with Crippen molar-refractivity contribution >= 4 is 60.4 Å². The fraction of sp³-hybridized carbons (Fsp3) is 0.174. The van der Waals surface area contributed by atoms with E-state index in [1.54, 1.807) is 25.2 Å². The van der Waals surface area contributed by atoms with Crippen molar-refractivity contribution in [3.63, 3.8) is 0 Å². The van der Waals surface area contributed by atoms with E-state index < -0.39 is 33.8 Å². The van der Waals surface area contributed by atoms with Gasteiger partial charge < -0.3 is 10.4 Å². The van der Waals surface area contributed by atoms with E-state index in [2.05, 4.69) is 36.1 Å². The monoisotopic (exact) mass is 613 g/mol. The Labute approximate surface area is 223 Å². The van der Waals surface area contributed by atoms with Gasteiger partial charge in [-0.05, 0) is 52.2 Å². The summed E-state index contributed by atoms with van der Waals surface area (Å²) in [6.45, 7) is 0. The van der Waals surface area contributed by atoms with Gasteiger partial charge in [0.1, 0.15) is 11.6 Å². The molecule has 0 bridgehead atoms. The zero-order chi connectivity index (χ0) is 27.1. The van der Waals surface area contributed by atoms with Crippen LogP contribution in [0.5, 0.6) is 0 Å². The smallest absolute Gasteiger partial charge is 0.405 e. The first kappa shape index (κ1) is 26.8. The van der Waals surface area contributed by atoms with Crippen molar-refractivity contribution in [3.05, 3.63) is 75.0 Å². The number of aromatic nitrogens is 3. The molecule has 0 radical (unpaired) electrons. The van der Waals surface area contributed by atoms with Crippen molar-refractivity contribution in [2.24, 2.45) is 7.05 Å². The van der Waals surface area contributed by atoms with Gasteiger partial charge in [0.2, 0.25) is 10.0 Å². The predicted octanol–water partition coefficient (Wildman–Crippen LogP) is 5.25. The number of aryl methyl sites for hydroxylation is 1. The van der Waals surface area contributed by atoms with Crippen LogP contribution < -0.4 is 10.0 Å². The van der Waals surface area contributed by atoms with Crippen LogP contribution in [-0.4, -0.2) is 40.6 Å². The summed E-state index contributed by atoms with van der Waals surface area (Å²) < 4.78 is 55.8. The molecular weight excluding hydrogens is 596 g/mol. The molecule has 0 aliphatic carbocycles. The summed E-state index contributed by atoms with van der Waals surface area (Å²) >= 11 is 9.81. The normalized spacial score (nSPS) is 12.5. The molecule has 2 aromatic carbocycles. The van der Waals surface area contributed by atoms with Crippen molar-refractivity contribution < 1.29 is 27.1 Å². The molecule has 4 rings (SSSR count). The molecular formula is C23H19BrClF2N5O4S. The van der Waals surface area contributed by atoms with Gasteiger partial charge in [0.05, 0.1) is 33.9 Å². The summed E-state index contributed by atoms with van der Waals surface area (Å²) in [6.07, 6.45) is 0.984. The highest BCUT2D eigenvalue weighted by molar-refractivity contribution is 9.10. The lowest BCUT2D eigenvalue weighted by Gasteiger charge is -2.21. The summed E-state index contributed by atoms with van der Waals surface area (Å²) in [5, 5.41) is 16.7. The van der Waals surface area contributed by atoms with Gasteiger partial charge in [-0.25, -0.2) is 22.0 Å². The molecule has 3 N–H and O–H groups in total. The van der Waals surface area contributed by atoms with Gasteiger partial charge in [-0.2, -0.15) is 5.10 Å². The number of fused-ring (bicyclic) bond motifs is 1. The molecule has 0 saturated heterocycles. The van der Waals surface area contributed by atoms with E-state index in [0.717, 1.165) is 24.5 Å². The summed E-state index contributed by atoms with van der Waals surface area (Å²) in [5.41, 5.74) is 1.90. The molecule has 37 heavy (non-hydrogen) atoms. The zero-order valence-corrected chi connectivity index (χ0v) is 22.4. The van der Waals surface area contributed by atoms with Gasteiger partial charge in [0.15, 0.2) is 5.82 Å². The predicted molar refractivity (Wildman–Crippen MR) is 139 cm³/mol. The second-order valence-electron chi connectivity index (χ2n) is 8.24. The SMILES string of the molecule is Cn1nc(NS(C)(=O)=O)c2c(Cl)ccc(-c3cc(Br)cnc3C(Cc3cc(F)cc(F)c3)NC(=O)O)c21. The summed E-state index contributed by atoms with van der Waals surface area (Å²) in [6, 6.07) is 6.87. The van der Waals surface area contributed by atoms with E-state index in [0.29, 0.717) is 26.5 Å². The number of nitrogens with one attached hydrogen (secondary N) is 2. The first-order valence-corrected chi connectivity index (χ1v) is 13.6. The molecule has 0 fully saturated rings. The van der Waals surface area contributed by atoms with Crippen LogP contribution in [0.1, 0.15) is 17.3 Å².